The molecule has 0 aliphatic heterocycles. The van der Waals surface area contributed by atoms with Crippen LogP contribution in [0.3, 0.4) is 0 Å². The minimum atomic E-state index is -0.622. The third kappa shape index (κ3) is 3.61. The van der Waals surface area contributed by atoms with Crippen LogP contribution in [0.15, 0.2) is 65.6 Å². The van der Waals surface area contributed by atoms with Gasteiger partial charge in [0.25, 0.3) is 11.5 Å². The summed E-state index contributed by atoms with van der Waals surface area (Å²) in [6.45, 7) is 0.405. The zero-order chi connectivity index (χ0) is 17.8. The number of carbonyl (C=O) groups is 1. The number of hydrogen-bond donors (Lipinski definition) is 2. The van der Waals surface area contributed by atoms with Crippen LogP contribution in [0.5, 0.6) is 0 Å². The molecule has 128 valence electrons. The maximum atomic E-state index is 12.7. The zero-order valence-electron chi connectivity index (χ0n) is 14.0. The summed E-state index contributed by atoms with van der Waals surface area (Å²) in [6, 6.07) is 16.4. The minimum absolute atomic E-state index is 0.187. The predicted molar refractivity (Wildman–Crippen MR) is 97.5 cm³/mol. The average molecular weight is 336 g/mol. The summed E-state index contributed by atoms with van der Waals surface area (Å²) in [7, 11) is 1.69. The maximum Gasteiger partial charge on any atom is 0.255 e. The molecule has 2 aromatic carbocycles. The second-order valence-electron chi connectivity index (χ2n) is 6.02. The standard InChI is InChI=1S/C20H20N2O3/c1-22(12-11-18(23)14-7-3-2-4-8-14)20(25)17-13-21-19(24)16-10-6-5-9-15(16)17/h2-10,13,18,23H,11-12H2,1H3,(H,21,24)/t18-/m0/s1. The van der Waals surface area contributed by atoms with E-state index < -0.39 is 6.10 Å². The van der Waals surface area contributed by atoms with E-state index in [1.807, 2.05) is 30.3 Å². The molecule has 3 aromatic rings. The van der Waals surface area contributed by atoms with Crippen molar-refractivity contribution in [3.8, 4) is 0 Å². The van der Waals surface area contributed by atoms with Crippen molar-refractivity contribution in [3.05, 3.63) is 82.3 Å². The number of aromatic amines is 1. The van der Waals surface area contributed by atoms with E-state index in [0.29, 0.717) is 29.3 Å². The van der Waals surface area contributed by atoms with Crippen molar-refractivity contribution in [3.63, 3.8) is 0 Å². The third-order valence-corrected chi connectivity index (χ3v) is 4.31. The van der Waals surface area contributed by atoms with E-state index in [0.717, 1.165) is 5.56 Å². The van der Waals surface area contributed by atoms with E-state index in [1.165, 1.54) is 6.20 Å². The van der Waals surface area contributed by atoms with Gasteiger partial charge in [-0.2, -0.15) is 0 Å². The van der Waals surface area contributed by atoms with E-state index in [9.17, 15) is 14.7 Å². The van der Waals surface area contributed by atoms with Crippen molar-refractivity contribution in [2.24, 2.45) is 0 Å². The summed E-state index contributed by atoms with van der Waals surface area (Å²) in [5.74, 6) is -0.187. The Labute approximate surface area is 145 Å². The Morgan fingerprint density at radius 1 is 1.08 bits per heavy atom. The largest absolute Gasteiger partial charge is 0.388 e. The lowest BCUT2D eigenvalue weighted by Crippen LogP contribution is -2.29. The lowest BCUT2D eigenvalue weighted by Gasteiger charge is -2.20. The highest BCUT2D eigenvalue weighted by Gasteiger charge is 2.17. The van der Waals surface area contributed by atoms with Gasteiger partial charge in [0.15, 0.2) is 0 Å². The number of carbonyl (C=O) groups excluding carboxylic acids is 1. The fourth-order valence-corrected chi connectivity index (χ4v) is 2.85. The maximum absolute atomic E-state index is 12.7. The molecule has 1 heterocycles. The molecular weight excluding hydrogens is 316 g/mol. The number of aromatic nitrogens is 1. The van der Waals surface area contributed by atoms with Gasteiger partial charge in [-0.3, -0.25) is 9.59 Å². The normalized spacial score (nSPS) is 12.1. The molecule has 3 rings (SSSR count). The number of benzene rings is 2. The Bertz CT molecular complexity index is 934. The molecule has 1 atom stereocenters. The predicted octanol–water partition coefficient (Wildman–Crippen LogP) is 2.72. The first-order valence-corrected chi connectivity index (χ1v) is 8.17. The number of aliphatic hydroxyl groups is 1. The first-order chi connectivity index (χ1) is 12.1. The van der Waals surface area contributed by atoms with Crippen LogP contribution in [0.25, 0.3) is 10.8 Å². The zero-order valence-corrected chi connectivity index (χ0v) is 14.0. The van der Waals surface area contributed by atoms with Crippen LogP contribution in [0.1, 0.15) is 28.4 Å². The van der Waals surface area contributed by atoms with Crippen LogP contribution in [0.4, 0.5) is 0 Å². The molecule has 0 radical (unpaired) electrons. The second kappa shape index (κ2) is 7.32. The Kier molecular flexibility index (Phi) is 4.95. The van der Waals surface area contributed by atoms with E-state index in [1.54, 1.807) is 36.2 Å². The fourth-order valence-electron chi connectivity index (χ4n) is 2.85. The van der Waals surface area contributed by atoms with Gasteiger partial charge in [0, 0.05) is 30.6 Å². The lowest BCUT2D eigenvalue weighted by molar-refractivity contribution is 0.0762. The van der Waals surface area contributed by atoms with E-state index >= 15 is 0 Å². The van der Waals surface area contributed by atoms with Gasteiger partial charge in [0.2, 0.25) is 0 Å². The smallest absolute Gasteiger partial charge is 0.255 e. The van der Waals surface area contributed by atoms with Gasteiger partial charge in [-0.25, -0.2) is 0 Å². The molecule has 1 aromatic heterocycles. The molecule has 2 N–H and O–H groups in total. The second-order valence-corrected chi connectivity index (χ2v) is 6.02. The monoisotopic (exact) mass is 336 g/mol. The van der Waals surface area contributed by atoms with Crippen molar-refractivity contribution < 1.29 is 9.90 Å². The number of aliphatic hydroxyl groups excluding tert-OH is 1. The van der Waals surface area contributed by atoms with Crippen molar-refractivity contribution in [1.29, 1.82) is 0 Å². The van der Waals surface area contributed by atoms with Gasteiger partial charge in [-0.15, -0.1) is 0 Å². The Morgan fingerprint density at radius 2 is 1.72 bits per heavy atom. The first-order valence-electron chi connectivity index (χ1n) is 8.17. The number of nitrogens with zero attached hydrogens (tertiary/aromatic N) is 1. The van der Waals surface area contributed by atoms with Crippen LogP contribution < -0.4 is 5.56 Å². The number of nitrogens with one attached hydrogen (secondary N) is 1. The van der Waals surface area contributed by atoms with Crippen molar-refractivity contribution in [1.82, 2.24) is 9.88 Å². The van der Waals surface area contributed by atoms with Crippen LogP contribution in [-0.4, -0.2) is 34.5 Å². The summed E-state index contributed by atoms with van der Waals surface area (Å²) < 4.78 is 0. The van der Waals surface area contributed by atoms with Gasteiger partial charge in [0.1, 0.15) is 0 Å². The highest BCUT2D eigenvalue weighted by molar-refractivity contribution is 6.06. The van der Waals surface area contributed by atoms with E-state index in [4.69, 9.17) is 0 Å². The molecule has 5 nitrogen and oxygen atoms in total. The van der Waals surface area contributed by atoms with Gasteiger partial charge < -0.3 is 15.0 Å². The molecule has 25 heavy (non-hydrogen) atoms. The van der Waals surface area contributed by atoms with Crippen molar-refractivity contribution in [2.75, 3.05) is 13.6 Å². The van der Waals surface area contributed by atoms with Crippen LogP contribution in [0.2, 0.25) is 0 Å². The van der Waals surface area contributed by atoms with Crippen LogP contribution in [0, 0.1) is 0 Å². The molecule has 0 aliphatic rings. The molecule has 0 aliphatic carbocycles. The number of fused-ring (bicyclic) bond motifs is 1. The number of hydrogen-bond acceptors (Lipinski definition) is 3. The van der Waals surface area contributed by atoms with Crippen LogP contribution in [-0.2, 0) is 0 Å². The summed E-state index contributed by atoms with van der Waals surface area (Å²) >= 11 is 0. The van der Waals surface area contributed by atoms with Crippen LogP contribution >= 0.6 is 0 Å². The molecule has 0 saturated carbocycles. The molecule has 0 fully saturated rings. The fraction of sp³-hybridized carbons (Fsp3) is 0.200. The number of pyridine rings is 1. The molecule has 0 bridgehead atoms. The lowest BCUT2D eigenvalue weighted by atomic mass is 10.1. The van der Waals surface area contributed by atoms with E-state index in [2.05, 4.69) is 4.98 Å². The van der Waals surface area contributed by atoms with Gasteiger partial charge in [-0.05, 0) is 18.1 Å². The SMILES string of the molecule is CN(CC[C@H](O)c1ccccc1)C(=O)c1c[nH]c(=O)c2ccccc12. The topological polar surface area (TPSA) is 73.4 Å². The molecule has 5 heteroatoms. The highest BCUT2D eigenvalue weighted by Crippen LogP contribution is 2.19. The first kappa shape index (κ1) is 16.9. The minimum Gasteiger partial charge on any atom is -0.388 e. The molecule has 0 spiro atoms. The van der Waals surface area contributed by atoms with E-state index in [-0.39, 0.29) is 11.5 Å². The quantitative estimate of drug-likeness (QED) is 0.752. The third-order valence-electron chi connectivity index (χ3n) is 4.31. The molecule has 0 saturated heterocycles. The van der Waals surface area contributed by atoms with Crippen molar-refractivity contribution in [2.45, 2.75) is 12.5 Å². The Hall–Kier alpha value is -2.92. The summed E-state index contributed by atoms with van der Waals surface area (Å²) in [6.07, 6.45) is 1.27. The summed E-state index contributed by atoms with van der Waals surface area (Å²) in [5, 5.41) is 11.4. The molecule has 0 unspecified atom stereocenters. The van der Waals surface area contributed by atoms with Gasteiger partial charge >= 0.3 is 0 Å². The average Bonchev–Trinajstić information content (AvgIpc) is 2.66. The number of amides is 1. The van der Waals surface area contributed by atoms with Gasteiger partial charge in [-0.1, -0.05) is 48.5 Å². The number of H-pyrrole nitrogens is 1. The number of rotatable bonds is 5. The summed E-state index contributed by atoms with van der Waals surface area (Å²) in [4.78, 5) is 28.8. The molecular formula is C20H20N2O3. The highest BCUT2D eigenvalue weighted by atomic mass is 16.3. The van der Waals surface area contributed by atoms with Crippen molar-refractivity contribution >= 4 is 16.7 Å². The summed E-state index contributed by atoms with van der Waals surface area (Å²) in [5.41, 5.74) is 1.07. The Balaban J connectivity index is 1.75. The van der Waals surface area contributed by atoms with Gasteiger partial charge in [0.05, 0.1) is 11.7 Å². The Morgan fingerprint density at radius 3 is 2.44 bits per heavy atom. The molecule has 1 amide bonds.